The molecule has 0 spiro atoms. The van der Waals surface area contributed by atoms with E-state index in [0.29, 0.717) is 11.5 Å². The van der Waals surface area contributed by atoms with Gasteiger partial charge in [0.05, 0.1) is 16.9 Å². The number of carbonyl (C=O) groups excluding carboxylic acids is 1. The lowest BCUT2D eigenvalue weighted by Crippen LogP contribution is -2.16. The molecule has 0 saturated carbocycles. The minimum atomic E-state index is -0.355. The highest BCUT2D eigenvalue weighted by Gasteiger charge is 2.16. The number of anilines is 1. The number of rotatable bonds is 3. The van der Waals surface area contributed by atoms with Crippen molar-refractivity contribution in [2.75, 3.05) is 5.32 Å². The largest absolute Gasteiger partial charge is 0.320 e. The molecule has 1 aromatic carbocycles. The van der Waals surface area contributed by atoms with Gasteiger partial charge in [0.1, 0.15) is 5.82 Å². The Morgan fingerprint density at radius 1 is 1.35 bits per heavy atom. The summed E-state index contributed by atoms with van der Waals surface area (Å²) in [4.78, 5) is 20.6. The van der Waals surface area contributed by atoms with Crippen molar-refractivity contribution in [2.45, 2.75) is 19.8 Å². The van der Waals surface area contributed by atoms with Crippen LogP contribution in [-0.2, 0) is 0 Å². The first-order valence-electron chi connectivity index (χ1n) is 6.07. The number of para-hydroxylation sites is 1. The lowest BCUT2D eigenvalue weighted by Gasteiger charge is -2.10. The quantitative estimate of drug-likeness (QED) is 0.895. The molecule has 20 heavy (non-hydrogen) atoms. The molecule has 2 rings (SSSR count). The molecule has 1 amide bonds. The van der Waals surface area contributed by atoms with Gasteiger partial charge >= 0.3 is 0 Å². The Morgan fingerprint density at radius 2 is 2.05 bits per heavy atom. The van der Waals surface area contributed by atoms with Crippen molar-refractivity contribution in [3.63, 3.8) is 0 Å². The maximum absolute atomic E-state index is 12.3. The van der Waals surface area contributed by atoms with Crippen LogP contribution in [0.15, 0.2) is 34.9 Å². The molecule has 0 aliphatic carbocycles. The molecule has 1 N–H and O–H groups in total. The molecule has 6 heteroatoms. The average molecular weight is 355 g/mol. The first-order valence-corrected chi connectivity index (χ1v) is 7.24. The van der Waals surface area contributed by atoms with E-state index in [-0.39, 0.29) is 22.5 Å². The van der Waals surface area contributed by atoms with Gasteiger partial charge in [0.15, 0.2) is 5.69 Å². The fourth-order valence-corrected chi connectivity index (χ4v) is 2.12. The molecule has 1 aromatic heterocycles. The molecule has 0 radical (unpaired) electrons. The second-order valence-corrected chi connectivity index (χ2v) is 5.77. The Bertz CT molecular complexity index is 646. The monoisotopic (exact) mass is 353 g/mol. The zero-order chi connectivity index (χ0) is 14.7. The minimum Gasteiger partial charge on any atom is -0.320 e. The summed E-state index contributed by atoms with van der Waals surface area (Å²) in [6, 6.07) is 7.34. The lowest BCUT2D eigenvalue weighted by molar-refractivity contribution is 0.102. The van der Waals surface area contributed by atoms with E-state index in [0.717, 1.165) is 4.47 Å². The molecular weight excluding hydrogens is 342 g/mol. The Labute approximate surface area is 130 Å². The van der Waals surface area contributed by atoms with Gasteiger partial charge in [-0.2, -0.15) is 0 Å². The Morgan fingerprint density at radius 3 is 2.70 bits per heavy atom. The van der Waals surface area contributed by atoms with Crippen molar-refractivity contribution in [3.05, 3.63) is 51.5 Å². The molecule has 0 fully saturated rings. The minimum absolute atomic E-state index is 0.127. The summed E-state index contributed by atoms with van der Waals surface area (Å²) in [5, 5.41) is 3.01. The topological polar surface area (TPSA) is 54.9 Å². The van der Waals surface area contributed by atoms with E-state index >= 15 is 0 Å². The van der Waals surface area contributed by atoms with Gasteiger partial charge in [-0.1, -0.05) is 37.6 Å². The number of hydrogen-bond donors (Lipinski definition) is 1. The molecule has 4 nitrogen and oxygen atoms in total. The highest BCUT2D eigenvalue weighted by Crippen LogP contribution is 2.23. The maximum Gasteiger partial charge on any atom is 0.275 e. The summed E-state index contributed by atoms with van der Waals surface area (Å²) in [6.45, 7) is 3.91. The van der Waals surface area contributed by atoms with E-state index in [2.05, 4.69) is 31.2 Å². The molecule has 0 saturated heterocycles. The number of amides is 1. The predicted octanol–water partition coefficient (Wildman–Crippen LogP) is 4.27. The molecule has 0 atom stereocenters. The van der Waals surface area contributed by atoms with Crippen LogP contribution < -0.4 is 5.32 Å². The van der Waals surface area contributed by atoms with Crippen LogP contribution in [0.5, 0.6) is 0 Å². The van der Waals surface area contributed by atoms with E-state index < -0.39 is 0 Å². The van der Waals surface area contributed by atoms with E-state index in [1.165, 1.54) is 6.20 Å². The van der Waals surface area contributed by atoms with Gasteiger partial charge in [-0.05, 0) is 28.1 Å². The van der Waals surface area contributed by atoms with E-state index in [9.17, 15) is 4.79 Å². The molecule has 0 aliphatic heterocycles. The van der Waals surface area contributed by atoms with Crippen LogP contribution in [0.1, 0.15) is 36.1 Å². The number of carbonyl (C=O) groups is 1. The van der Waals surface area contributed by atoms with Crippen molar-refractivity contribution < 1.29 is 4.79 Å². The van der Waals surface area contributed by atoms with Gasteiger partial charge in [0, 0.05) is 10.4 Å². The van der Waals surface area contributed by atoms with Gasteiger partial charge < -0.3 is 5.32 Å². The third-order valence-electron chi connectivity index (χ3n) is 2.62. The predicted molar refractivity (Wildman–Crippen MR) is 83.2 cm³/mol. The summed E-state index contributed by atoms with van der Waals surface area (Å²) < 4.78 is 0.794. The van der Waals surface area contributed by atoms with Crippen LogP contribution in [-0.4, -0.2) is 15.9 Å². The van der Waals surface area contributed by atoms with Gasteiger partial charge in [-0.3, -0.25) is 4.79 Å². The third kappa shape index (κ3) is 3.35. The highest BCUT2D eigenvalue weighted by molar-refractivity contribution is 9.10. The molecule has 0 aliphatic rings. The number of hydrogen-bond acceptors (Lipinski definition) is 3. The highest BCUT2D eigenvalue weighted by atomic mass is 79.9. The summed E-state index contributed by atoms with van der Waals surface area (Å²) in [6.07, 6.45) is 1.46. The van der Waals surface area contributed by atoms with E-state index in [4.69, 9.17) is 11.6 Å². The molecule has 2 aromatic rings. The second-order valence-electron chi connectivity index (χ2n) is 4.51. The molecule has 0 bridgehead atoms. The first-order chi connectivity index (χ1) is 9.49. The van der Waals surface area contributed by atoms with Crippen molar-refractivity contribution >= 4 is 39.1 Å². The van der Waals surface area contributed by atoms with Crippen LogP contribution in [0.2, 0.25) is 5.02 Å². The third-order valence-corrected chi connectivity index (χ3v) is 3.58. The SMILES string of the molecule is CC(C)c1ncc(Cl)c(C(=O)Nc2ccccc2Br)n1. The molecule has 104 valence electrons. The number of benzene rings is 1. The van der Waals surface area contributed by atoms with Crippen molar-refractivity contribution in [1.29, 1.82) is 0 Å². The normalized spacial score (nSPS) is 10.7. The number of halogens is 2. The first kappa shape index (κ1) is 14.9. The van der Waals surface area contributed by atoms with Crippen LogP contribution in [0, 0.1) is 0 Å². The summed E-state index contributed by atoms with van der Waals surface area (Å²) in [5.74, 6) is 0.361. The van der Waals surface area contributed by atoms with E-state index in [1.807, 2.05) is 32.0 Å². The van der Waals surface area contributed by atoms with Gasteiger partial charge in [-0.25, -0.2) is 9.97 Å². The van der Waals surface area contributed by atoms with Crippen molar-refractivity contribution in [3.8, 4) is 0 Å². The standard InChI is InChI=1S/C14H13BrClN3O/c1-8(2)13-17-7-10(16)12(19-13)14(20)18-11-6-4-3-5-9(11)15/h3-8H,1-2H3,(H,18,20). The molecular formula is C14H13BrClN3O. The Hall–Kier alpha value is -1.46. The average Bonchev–Trinajstić information content (AvgIpc) is 2.41. The van der Waals surface area contributed by atoms with Gasteiger partial charge in [0.25, 0.3) is 5.91 Å². The number of nitrogens with one attached hydrogen (secondary N) is 1. The zero-order valence-corrected chi connectivity index (χ0v) is 13.4. The number of nitrogens with zero attached hydrogens (tertiary/aromatic N) is 2. The van der Waals surface area contributed by atoms with Crippen molar-refractivity contribution in [2.24, 2.45) is 0 Å². The molecule has 0 unspecified atom stereocenters. The summed E-state index contributed by atoms with van der Waals surface area (Å²) in [5.41, 5.74) is 0.847. The maximum atomic E-state index is 12.3. The van der Waals surface area contributed by atoms with Gasteiger partial charge in [-0.15, -0.1) is 0 Å². The van der Waals surface area contributed by atoms with Crippen LogP contribution in [0.25, 0.3) is 0 Å². The Kier molecular flexibility index (Phi) is 4.73. The zero-order valence-electron chi connectivity index (χ0n) is 11.0. The molecule has 1 heterocycles. The summed E-state index contributed by atoms with van der Waals surface area (Å²) >= 11 is 9.38. The van der Waals surface area contributed by atoms with Crippen LogP contribution in [0.3, 0.4) is 0 Å². The van der Waals surface area contributed by atoms with Crippen LogP contribution in [0.4, 0.5) is 5.69 Å². The van der Waals surface area contributed by atoms with Crippen molar-refractivity contribution in [1.82, 2.24) is 9.97 Å². The van der Waals surface area contributed by atoms with E-state index in [1.54, 1.807) is 6.07 Å². The second kappa shape index (κ2) is 6.33. The van der Waals surface area contributed by atoms with Crippen LogP contribution >= 0.6 is 27.5 Å². The fourth-order valence-electron chi connectivity index (χ4n) is 1.56. The summed E-state index contributed by atoms with van der Waals surface area (Å²) in [7, 11) is 0. The van der Waals surface area contributed by atoms with Gasteiger partial charge in [0.2, 0.25) is 0 Å². The fraction of sp³-hybridized carbons (Fsp3) is 0.214. The lowest BCUT2D eigenvalue weighted by atomic mass is 10.2. The number of aromatic nitrogens is 2. The smallest absolute Gasteiger partial charge is 0.275 e. The Balaban J connectivity index is 2.30.